The van der Waals surface area contributed by atoms with Crippen LogP contribution in [0, 0.1) is 0 Å². The molecule has 0 spiro atoms. The van der Waals surface area contributed by atoms with Crippen molar-refractivity contribution in [3.63, 3.8) is 0 Å². The van der Waals surface area contributed by atoms with Crippen LogP contribution in [-0.2, 0) is 0 Å². The monoisotopic (exact) mass is 323 g/mol. The van der Waals surface area contributed by atoms with Gasteiger partial charge in [-0.15, -0.1) is 0 Å². The molecule has 0 aliphatic carbocycles. The number of benzene rings is 1. The van der Waals surface area contributed by atoms with Crippen molar-refractivity contribution < 1.29 is 15.0 Å². The van der Waals surface area contributed by atoms with Crippen molar-refractivity contribution in [2.24, 2.45) is 0 Å². The summed E-state index contributed by atoms with van der Waals surface area (Å²) in [6.45, 7) is 0.465. The number of carbonyl (C=O) groups excluding carboxylic acids is 1. The third-order valence-electron chi connectivity index (χ3n) is 3.17. The number of carbonyl (C=O) groups is 1. The largest absolute Gasteiger partial charge is 0.396 e. The van der Waals surface area contributed by atoms with E-state index in [1.54, 1.807) is 23.0 Å². The normalized spacial score (nSPS) is 10.7. The van der Waals surface area contributed by atoms with E-state index in [0.717, 1.165) is 0 Å². The summed E-state index contributed by atoms with van der Waals surface area (Å²) in [6, 6.07) is 7.21. The first-order valence-electron chi connectivity index (χ1n) is 6.98. The molecule has 0 bridgehead atoms. The summed E-state index contributed by atoms with van der Waals surface area (Å²) in [5.74, 6) is -0.235. The lowest BCUT2D eigenvalue weighted by atomic mass is 10.2. The Kier molecular flexibility index (Phi) is 5.94. The molecule has 1 aromatic heterocycles. The lowest BCUT2D eigenvalue weighted by Gasteiger charge is -2.20. The Labute approximate surface area is 133 Å². The van der Waals surface area contributed by atoms with Crippen molar-refractivity contribution in [3.8, 4) is 5.69 Å². The fourth-order valence-corrected chi connectivity index (χ4v) is 2.30. The molecule has 0 unspecified atom stereocenters. The molecule has 1 amide bonds. The van der Waals surface area contributed by atoms with Crippen LogP contribution < -0.4 is 0 Å². The quantitative estimate of drug-likeness (QED) is 0.806. The summed E-state index contributed by atoms with van der Waals surface area (Å²) in [4.78, 5) is 13.9. The van der Waals surface area contributed by atoms with Crippen LogP contribution in [0.4, 0.5) is 0 Å². The average Bonchev–Trinajstić information content (AvgIpc) is 3.01. The Morgan fingerprint density at radius 2 is 2.00 bits per heavy atom. The Balaban J connectivity index is 2.19. The van der Waals surface area contributed by atoms with Crippen LogP contribution in [0.1, 0.15) is 16.8 Å². The van der Waals surface area contributed by atoms with Gasteiger partial charge in [-0.25, -0.2) is 4.68 Å². The van der Waals surface area contributed by atoms with E-state index in [-0.39, 0.29) is 25.7 Å². The molecule has 0 radical (unpaired) electrons. The summed E-state index contributed by atoms with van der Waals surface area (Å²) >= 11 is 6.11. The van der Waals surface area contributed by atoms with E-state index in [1.807, 2.05) is 12.1 Å². The molecular formula is C15H18ClN3O3. The fourth-order valence-electron chi connectivity index (χ4n) is 2.08. The highest BCUT2D eigenvalue weighted by Crippen LogP contribution is 2.19. The molecule has 0 saturated heterocycles. The molecule has 0 fully saturated rings. The smallest absolute Gasteiger partial charge is 0.257 e. The molecule has 1 aromatic carbocycles. The van der Waals surface area contributed by atoms with E-state index in [2.05, 4.69) is 5.10 Å². The number of halogens is 1. The lowest BCUT2D eigenvalue weighted by Crippen LogP contribution is -2.34. The summed E-state index contributed by atoms with van der Waals surface area (Å²) in [6.07, 6.45) is 3.53. The van der Waals surface area contributed by atoms with Crippen molar-refractivity contribution >= 4 is 17.5 Å². The SMILES string of the molecule is O=C(c1cnn(-c2ccccc2Cl)c1)N(CCO)CCCO. The summed E-state index contributed by atoms with van der Waals surface area (Å²) in [7, 11) is 0. The summed E-state index contributed by atoms with van der Waals surface area (Å²) < 4.78 is 1.54. The molecule has 0 aliphatic rings. The number of amides is 1. The number of aromatic nitrogens is 2. The van der Waals surface area contributed by atoms with Crippen molar-refractivity contribution in [2.75, 3.05) is 26.3 Å². The highest BCUT2D eigenvalue weighted by molar-refractivity contribution is 6.32. The number of aliphatic hydroxyl groups is 2. The van der Waals surface area contributed by atoms with E-state index < -0.39 is 0 Å². The van der Waals surface area contributed by atoms with Crippen LogP contribution in [0.2, 0.25) is 5.02 Å². The van der Waals surface area contributed by atoms with E-state index >= 15 is 0 Å². The van der Waals surface area contributed by atoms with Crippen LogP contribution in [0.15, 0.2) is 36.7 Å². The zero-order valence-corrected chi connectivity index (χ0v) is 12.8. The third kappa shape index (κ3) is 3.85. The summed E-state index contributed by atoms with van der Waals surface area (Å²) in [5.41, 5.74) is 1.10. The zero-order valence-electron chi connectivity index (χ0n) is 12.0. The highest BCUT2D eigenvalue weighted by Gasteiger charge is 2.17. The molecule has 22 heavy (non-hydrogen) atoms. The second-order valence-electron chi connectivity index (χ2n) is 4.72. The summed E-state index contributed by atoms with van der Waals surface area (Å²) in [5, 5.41) is 22.6. The van der Waals surface area contributed by atoms with Gasteiger partial charge in [0.05, 0.1) is 29.1 Å². The fraction of sp³-hybridized carbons (Fsp3) is 0.333. The van der Waals surface area contributed by atoms with Gasteiger partial charge in [-0.3, -0.25) is 4.79 Å². The second kappa shape index (κ2) is 7.93. The zero-order chi connectivity index (χ0) is 15.9. The first-order valence-corrected chi connectivity index (χ1v) is 7.35. The van der Waals surface area contributed by atoms with Gasteiger partial charge in [0, 0.05) is 25.9 Å². The first-order chi connectivity index (χ1) is 10.7. The molecule has 0 atom stereocenters. The second-order valence-corrected chi connectivity index (χ2v) is 5.13. The molecular weight excluding hydrogens is 306 g/mol. The van der Waals surface area contributed by atoms with Gasteiger partial charge in [0.1, 0.15) is 0 Å². The number of aliphatic hydroxyl groups excluding tert-OH is 2. The van der Waals surface area contributed by atoms with E-state index in [9.17, 15) is 4.79 Å². The van der Waals surface area contributed by atoms with Gasteiger partial charge in [0.25, 0.3) is 5.91 Å². The van der Waals surface area contributed by atoms with Gasteiger partial charge in [-0.1, -0.05) is 23.7 Å². The van der Waals surface area contributed by atoms with E-state index in [4.69, 9.17) is 21.8 Å². The minimum atomic E-state index is -0.235. The van der Waals surface area contributed by atoms with Crippen molar-refractivity contribution in [1.29, 1.82) is 0 Å². The number of hydrogen-bond acceptors (Lipinski definition) is 4. The van der Waals surface area contributed by atoms with E-state index in [1.165, 1.54) is 11.1 Å². The number of rotatable bonds is 7. The Morgan fingerprint density at radius 1 is 1.23 bits per heavy atom. The first kappa shape index (κ1) is 16.5. The van der Waals surface area contributed by atoms with Crippen LogP contribution in [0.25, 0.3) is 5.69 Å². The maximum atomic E-state index is 12.4. The van der Waals surface area contributed by atoms with Gasteiger partial charge in [0.2, 0.25) is 0 Å². The van der Waals surface area contributed by atoms with Crippen molar-refractivity contribution in [1.82, 2.24) is 14.7 Å². The van der Waals surface area contributed by atoms with Crippen LogP contribution in [0.3, 0.4) is 0 Å². The Hall–Kier alpha value is -1.89. The molecule has 0 aliphatic heterocycles. The Morgan fingerprint density at radius 3 is 2.68 bits per heavy atom. The van der Waals surface area contributed by atoms with Crippen molar-refractivity contribution in [3.05, 3.63) is 47.2 Å². The standard InChI is InChI=1S/C15H18ClN3O3/c16-13-4-1-2-5-14(13)19-11-12(10-17-19)15(22)18(7-9-21)6-3-8-20/h1-2,4-5,10-11,20-21H,3,6-9H2. The predicted octanol–water partition coefficient (Wildman–Crippen LogP) is 1.34. The molecule has 6 nitrogen and oxygen atoms in total. The molecule has 7 heteroatoms. The Bertz CT molecular complexity index is 630. The highest BCUT2D eigenvalue weighted by atomic mass is 35.5. The maximum absolute atomic E-state index is 12.4. The maximum Gasteiger partial charge on any atom is 0.257 e. The minimum absolute atomic E-state index is 0.00586. The average molecular weight is 324 g/mol. The van der Waals surface area contributed by atoms with E-state index in [0.29, 0.717) is 29.2 Å². The molecule has 1 heterocycles. The van der Waals surface area contributed by atoms with Crippen molar-refractivity contribution in [2.45, 2.75) is 6.42 Å². The minimum Gasteiger partial charge on any atom is -0.396 e. The molecule has 2 N–H and O–H groups in total. The lowest BCUT2D eigenvalue weighted by molar-refractivity contribution is 0.0710. The van der Waals surface area contributed by atoms with Crippen LogP contribution in [-0.4, -0.2) is 57.1 Å². The predicted molar refractivity (Wildman–Crippen MR) is 83.3 cm³/mol. The van der Waals surface area contributed by atoms with Crippen LogP contribution in [0.5, 0.6) is 0 Å². The molecule has 0 saturated carbocycles. The van der Waals surface area contributed by atoms with Gasteiger partial charge in [-0.05, 0) is 18.6 Å². The number of para-hydroxylation sites is 1. The van der Waals surface area contributed by atoms with Gasteiger partial charge < -0.3 is 15.1 Å². The molecule has 2 rings (SSSR count). The third-order valence-corrected chi connectivity index (χ3v) is 3.49. The van der Waals surface area contributed by atoms with Gasteiger partial charge in [0.15, 0.2) is 0 Å². The van der Waals surface area contributed by atoms with Gasteiger partial charge >= 0.3 is 0 Å². The van der Waals surface area contributed by atoms with Gasteiger partial charge in [-0.2, -0.15) is 5.10 Å². The topological polar surface area (TPSA) is 78.6 Å². The number of hydrogen-bond donors (Lipinski definition) is 2. The molecule has 118 valence electrons. The van der Waals surface area contributed by atoms with Crippen LogP contribution >= 0.6 is 11.6 Å². The molecule has 2 aromatic rings. The number of nitrogens with zero attached hydrogens (tertiary/aromatic N) is 3.